The molecule has 0 heterocycles. The first kappa shape index (κ1) is 12.4. The van der Waals surface area contributed by atoms with Crippen LogP contribution >= 0.6 is 0 Å². The van der Waals surface area contributed by atoms with Crippen LogP contribution in [0.3, 0.4) is 0 Å². The Labute approximate surface area is 105 Å². The molecule has 0 amide bonds. The zero-order valence-corrected chi connectivity index (χ0v) is 11.0. The van der Waals surface area contributed by atoms with Crippen LogP contribution in [-0.4, -0.2) is 0 Å². The molecule has 0 radical (unpaired) electrons. The SMILES string of the molecule is Cc1ccc(C(N)CC2=CCCCC2)c(C)c1. The van der Waals surface area contributed by atoms with Gasteiger partial charge in [0, 0.05) is 6.04 Å². The van der Waals surface area contributed by atoms with E-state index in [9.17, 15) is 0 Å². The van der Waals surface area contributed by atoms with E-state index in [2.05, 4.69) is 38.1 Å². The maximum Gasteiger partial charge on any atom is 0.0335 e. The minimum Gasteiger partial charge on any atom is -0.324 e. The predicted octanol–water partition coefficient (Wildman–Crippen LogP) is 4.19. The molecule has 17 heavy (non-hydrogen) atoms. The quantitative estimate of drug-likeness (QED) is 0.773. The molecule has 1 aromatic rings. The second kappa shape index (κ2) is 5.50. The van der Waals surface area contributed by atoms with Gasteiger partial charge in [0.15, 0.2) is 0 Å². The van der Waals surface area contributed by atoms with E-state index in [0.29, 0.717) is 0 Å². The Kier molecular flexibility index (Phi) is 4.01. The summed E-state index contributed by atoms with van der Waals surface area (Å²) in [6, 6.07) is 6.75. The Morgan fingerprint density at radius 3 is 2.71 bits per heavy atom. The van der Waals surface area contributed by atoms with E-state index in [1.165, 1.54) is 42.4 Å². The third kappa shape index (κ3) is 3.19. The van der Waals surface area contributed by atoms with E-state index in [-0.39, 0.29) is 6.04 Å². The van der Waals surface area contributed by atoms with Gasteiger partial charge in [-0.05, 0) is 57.1 Å². The molecule has 0 bridgehead atoms. The van der Waals surface area contributed by atoms with Crippen molar-refractivity contribution in [2.24, 2.45) is 5.73 Å². The lowest BCUT2D eigenvalue weighted by Gasteiger charge is -2.19. The highest BCUT2D eigenvalue weighted by Gasteiger charge is 2.12. The van der Waals surface area contributed by atoms with Crippen LogP contribution in [0.2, 0.25) is 0 Å². The first-order chi connectivity index (χ1) is 8.16. The summed E-state index contributed by atoms with van der Waals surface area (Å²) in [6.07, 6.45) is 8.61. The number of hydrogen-bond acceptors (Lipinski definition) is 1. The van der Waals surface area contributed by atoms with Crippen LogP contribution < -0.4 is 5.73 Å². The predicted molar refractivity (Wildman–Crippen MR) is 74.0 cm³/mol. The molecular formula is C16H23N. The summed E-state index contributed by atoms with van der Waals surface area (Å²) in [5.41, 5.74) is 11.8. The molecule has 0 saturated heterocycles. The third-order valence-electron chi connectivity index (χ3n) is 3.69. The summed E-state index contributed by atoms with van der Waals surface area (Å²) in [5, 5.41) is 0. The Morgan fingerprint density at radius 1 is 1.24 bits per heavy atom. The molecule has 0 saturated carbocycles. The maximum atomic E-state index is 6.34. The van der Waals surface area contributed by atoms with Gasteiger partial charge in [0.1, 0.15) is 0 Å². The highest BCUT2D eigenvalue weighted by atomic mass is 14.6. The van der Waals surface area contributed by atoms with Gasteiger partial charge in [0.25, 0.3) is 0 Å². The minimum atomic E-state index is 0.167. The van der Waals surface area contributed by atoms with Crippen LogP contribution in [0, 0.1) is 13.8 Å². The molecule has 1 aliphatic rings. The van der Waals surface area contributed by atoms with Gasteiger partial charge in [0.2, 0.25) is 0 Å². The van der Waals surface area contributed by atoms with Gasteiger partial charge in [-0.3, -0.25) is 0 Å². The lowest BCUT2D eigenvalue weighted by Crippen LogP contribution is -2.13. The fraction of sp³-hybridized carbons (Fsp3) is 0.500. The second-order valence-corrected chi connectivity index (χ2v) is 5.28. The lowest BCUT2D eigenvalue weighted by molar-refractivity contribution is 0.626. The second-order valence-electron chi connectivity index (χ2n) is 5.28. The zero-order chi connectivity index (χ0) is 12.3. The number of rotatable bonds is 3. The van der Waals surface area contributed by atoms with Crippen molar-refractivity contribution in [3.8, 4) is 0 Å². The average molecular weight is 229 g/mol. The summed E-state index contributed by atoms with van der Waals surface area (Å²) in [7, 11) is 0. The smallest absolute Gasteiger partial charge is 0.0335 e. The molecule has 92 valence electrons. The molecule has 0 spiro atoms. The summed E-state index contributed by atoms with van der Waals surface area (Å²) in [6.45, 7) is 4.30. The number of allylic oxidation sites excluding steroid dienone is 1. The van der Waals surface area contributed by atoms with Gasteiger partial charge < -0.3 is 5.73 Å². The van der Waals surface area contributed by atoms with Crippen molar-refractivity contribution in [2.75, 3.05) is 0 Å². The molecular weight excluding hydrogens is 206 g/mol. The molecule has 1 unspecified atom stereocenters. The van der Waals surface area contributed by atoms with Gasteiger partial charge >= 0.3 is 0 Å². The Hall–Kier alpha value is -1.08. The Balaban J connectivity index is 2.08. The van der Waals surface area contributed by atoms with Crippen LogP contribution in [-0.2, 0) is 0 Å². The molecule has 1 nitrogen and oxygen atoms in total. The van der Waals surface area contributed by atoms with E-state index in [4.69, 9.17) is 5.73 Å². The van der Waals surface area contributed by atoms with Gasteiger partial charge in [-0.15, -0.1) is 0 Å². The van der Waals surface area contributed by atoms with Crippen LogP contribution in [0.5, 0.6) is 0 Å². The van der Waals surface area contributed by atoms with E-state index < -0.39 is 0 Å². The average Bonchev–Trinajstić information content (AvgIpc) is 2.30. The first-order valence-electron chi connectivity index (χ1n) is 6.67. The van der Waals surface area contributed by atoms with Crippen LogP contribution in [0.15, 0.2) is 29.8 Å². The van der Waals surface area contributed by atoms with Gasteiger partial charge in [-0.2, -0.15) is 0 Å². The lowest BCUT2D eigenvalue weighted by atomic mass is 9.90. The summed E-state index contributed by atoms with van der Waals surface area (Å²) >= 11 is 0. The van der Waals surface area contributed by atoms with E-state index in [1.807, 2.05) is 0 Å². The van der Waals surface area contributed by atoms with E-state index in [0.717, 1.165) is 6.42 Å². The normalized spacial score (nSPS) is 17.7. The zero-order valence-electron chi connectivity index (χ0n) is 11.0. The molecule has 0 fully saturated rings. The molecule has 1 aliphatic carbocycles. The van der Waals surface area contributed by atoms with Crippen molar-refractivity contribution in [1.29, 1.82) is 0 Å². The molecule has 2 rings (SSSR count). The molecule has 2 N–H and O–H groups in total. The van der Waals surface area contributed by atoms with E-state index in [1.54, 1.807) is 5.57 Å². The molecule has 0 aromatic heterocycles. The largest absolute Gasteiger partial charge is 0.324 e. The van der Waals surface area contributed by atoms with Crippen molar-refractivity contribution in [3.63, 3.8) is 0 Å². The van der Waals surface area contributed by atoms with Gasteiger partial charge in [-0.25, -0.2) is 0 Å². The third-order valence-corrected chi connectivity index (χ3v) is 3.69. The van der Waals surface area contributed by atoms with Crippen LogP contribution in [0.25, 0.3) is 0 Å². The molecule has 1 atom stereocenters. The number of nitrogens with two attached hydrogens (primary N) is 1. The Bertz CT molecular complexity index is 418. The van der Waals surface area contributed by atoms with Crippen molar-refractivity contribution < 1.29 is 0 Å². The summed E-state index contributed by atoms with van der Waals surface area (Å²) in [5.74, 6) is 0. The topological polar surface area (TPSA) is 26.0 Å². The standard InChI is InChI=1S/C16H23N/c1-12-8-9-15(13(2)10-12)16(17)11-14-6-4-3-5-7-14/h6,8-10,16H,3-5,7,11,17H2,1-2H3. The van der Waals surface area contributed by atoms with Crippen LogP contribution in [0.1, 0.15) is 54.8 Å². The highest BCUT2D eigenvalue weighted by Crippen LogP contribution is 2.27. The fourth-order valence-electron chi connectivity index (χ4n) is 2.72. The van der Waals surface area contributed by atoms with Crippen molar-refractivity contribution in [1.82, 2.24) is 0 Å². The van der Waals surface area contributed by atoms with Crippen molar-refractivity contribution in [3.05, 3.63) is 46.5 Å². The monoisotopic (exact) mass is 229 g/mol. The number of hydrogen-bond donors (Lipinski definition) is 1. The fourth-order valence-corrected chi connectivity index (χ4v) is 2.72. The van der Waals surface area contributed by atoms with E-state index >= 15 is 0 Å². The summed E-state index contributed by atoms with van der Waals surface area (Å²) < 4.78 is 0. The molecule has 1 aromatic carbocycles. The van der Waals surface area contributed by atoms with Crippen molar-refractivity contribution >= 4 is 0 Å². The summed E-state index contributed by atoms with van der Waals surface area (Å²) in [4.78, 5) is 0. The maximum absolute atomic E-state index is 6.34. The number of benzene rings is 1. The first-order valence-corrected chi connectivity index (χ1v) is 6.67. The molecule has 0 aliphatic heterocycles. The minimum absolute atomic E-state index is 0.167. The number of aryl methyl sites for hydroxylation is 2. The van der Waals surface area contributed by atoms with Gasteiger partial charge in [0.05, 0.1) is 0 Å². The highest BCUT2D eigenvalue weighted by molar-refractivity contribution is 5.33. The van der Waals surface area contributed by atoms with Crippen LogP contribution in [0.4, 0.5) is 0 Å². The van der Waals surface area contributed by atoms with Crippen molar-refractivity contribution in [2.45, 2.75) is 52.0 Å². The molecule has 1 heteroatoms. The Morgan fingerprint density at radius 2 is 2.06 bits per heavy atom. The van der Waals surface area contributed by atoms with Gasteiger partial charge in [-0.1, -0.05) is 35.4 Å².